The van der Waals surface area contributed by atoms with E-state index in [1.165, 1.54) is 9.80 Å². The van der Waals surface area contributed by atoms with Crippen molar-refractivity contribution in [3.63, 3.8) is 0 Å². The maximum atomic E-state index is 13.0. The molecule has 1 saturated heterocycles. The van der Waals surface area contributed by atoms with Crippen LogP contribution in [0.25, 0.3) is 0 Å². The number of aromatic nitrogens is 2. The summed E-state index contributed by atoms with van der Waals surface area (Å²) >= 11 is 0. The summed E-state index contributed by atoms with van der Waals surface area (Å²) in [6.45, 7) is 0.335. The molecule has 4 amide bonds. The lowest BCUT2D eigenvalue weighted by Gasteiger charge is -2.21. The Labute approximate surface area is 323 Å². The molecule has 1 aromatic heterocycles. The Balaban J connectivity index is 0.00000103. The Morgan fingerprint density at radius 1 is 0.737 bits per heavy atom. The Hall–Kier alpha value is -5.92. The largest absolute Gasteiger partial charge is 0.673 e. The van der Waals surface area contributed by atoms with Gasteiger partial charge in [0.15, 0.2) is 6.10 Å². The second-order valence-corrected chi connectivity index (χ2v) is 13.6. The van der Waals surface area contributed by atoms with Crippen molar-refractivity contribution in [2.24, 2.45) is 0 Å². The van der Waals surface area contributed by atoms with E-state index in [4.69, 9.17) is 24.7 Å². The van der Waals surface area contributed by atoms with Gasteiger partial charge in [-0.2, -0.15) is 4.57 Å². The normalized spacial score (nSPS) is 20.4. The van der Waals surface area contributed by atoms with Crippen LogP contribution in [0.15, 0.2) is 60.8 Å². The lowest BCUT2D eigenvalue weighted by molar-refractivity contribution is -0.746. The Kier molecular flexibility index (Phi) is 12.5. The smallest absolute Gasteiger partial charge is 0.463 e. The Morgan fingerprint density at radius 3 is 1.70 bits per heavy atom. The number of carbonyl (C=O) groups is 6. The molecule has 5 heterocycles. The van der Waals surface area contributed by atoms with E-state index in [9.17, 15) is 46.0 Å². The molecule has 0 aliphatic carbocycles. The van der Waals surface area contributed by atoms with Crippen molar-refractivity contribution in [2.45, 2.75) is 75.9 Å². The van der Waals surface area contributed by atoms with Crippen LogP contribution in [0.5, 0.6) is 6.01 Å². The summed E-state index contributed by atoms with van der Waals surface area (Å²) in [6.07, 6.45) is 1.89. The van der Waals surface area contributed by atoms with Crippen LogP contribution < -0.4 is 15.0 Å². The second kappa shape index (κ2) is 17.5. The Bertz CT molecular complexity index is 1980. The molecule has 0 bridgehead atoms. The van der Waals surface area contributed by atoms with Gasteiger partial charge in [0.1, 0.15) is 18.9 Å². The quantitative estimate of drug-likeness (QED) is 0.0581. The van der Waals surface area contributed by atoms with E-state index in [2.05, 4.69) is 4.98 Å². The topological polar surface area (TPSA) is 189 Å². The highest BCUT2D eigenvalue weighted by atomic mass is 19.5. The minimum absolute atomic E-state index is 0.0779. The highest BCUT2D eigenvalue weighted by Crippen LogP contribution is 2.36. The van der Waals surface area contributed by atoms with Gasteiger partial charge in [0, 0.05) is 37.0 Å². The molecule has 0 saturated carbocycles. The molecule has 15 nitrogen and oxygen atoms in total. The van der Waals surface area contributed by atoms with Gasteiger partial charge in [0.25, 0.3) is 23.6 Å². The van der Waals surface area contributed by atoms with E-state index in [1.807, 2.05) is 0 Å². The number of nitrogens with two attached hydrogens (primary N) is 1. The van der Waals surface area contributed by atoms with E-state index in [-0.39, 0.29) is 68.0 Å². The van der Waals surface area contributed by atoms with Gasteiger partial charge in [-0.3, -0.25) is 38.6 Å². The van der Waals surface area contributed by atoms with Gasteiger partial charge in [-0.15, -0.1) is 0 Å². The van der Waals surface area contributed by atoms with Crippen molar-refractivity contribution in [1.82, 2.24) is 14.8 Å². The number of nitrogen functional groups attached to an aromatic ring is 1. The van der Waals surface area contributed by atoms with Gasteiger partial charge >= 0.3 is 25.2 Å². The number of unbranched alkanes of at least 4 members (excludes halogenated alkanes) is 4. The molecule has 4 atom stereocenters. The van der Waals surface area contributed by atoms with Crippen molar-refractivity contribution in [3.8, 4) is 6.01 Å². The van der Waals surface area contributed by atoms with Crippen molar-refractivity contribution in [1.29, 1.82) is 0 Å². The number of benzene rings is 2. The first kappa shape index (κ1) is 40.7. The minimum Gasteiger partial charge on any atom is -0.463 e. The number of esters is 2. The number of anilines is 1. The van der Waals surface area contributed by atoms with Crippen molar-refractivity contribution >= 4 is 48.6 Å². The predicted octanol–water partition coefficient (Wildman–Crippen LogP) is 4.08. The zero-order chi connectivity index (χ0) is 40.9. The van der Waals surface area contributed by atoms with Gasteiger partial charge < -0.3 is 41.9 Å². The Morgan fingerprint density at radius 2 is 1.21 bits per heavy atom. The maximum Gasteiger partial charge on any atom is 0.673 e. The first-order valence-electron chi connectivity index (χ1n) is 18.3. The second-order valence-electron chi connectivity index (χ2n) is 13.6. The number of amides is 4. The average molecular weight is 800 g/mol. The summed E-state index contributed by atoms with van der Waals surface area (Å²) in [6, 6.07) is 15.2. The zero-order valence-electron chi connectivity index (χ0n) is 30.4. The number of halogens is 4. The van der Waals surface area contributed by atoms with Gasteiger partial charge in [0.2, 0.25) is 18.1 Å². The molecule has 2 aromatic carbocycles. The molecule has 302 valence electrons. The molecule has 20 heteroatoms. The average Bonchev–Trinajstić information content (AvgIpc) is 3.84. The van der Waals surface area contributed by atoms with Gasteiger partial charge in [0.05, 0.1) is 22.3 Å². The molecule has 0 spiro atoms. The fraction of sp³-hybridized carbons (Fsp3) is 0.405. The summed E-state index contributed by atoms with van der Waals surface area (Å²) in [5, 5.41) is 0. The number of nitrogens with zero attached hydrogens (tertiary/aromatic N) is 4. The maximum absolute atomic E-state index is 13.0. The van der Waals surface area contributed by atoms with E-state index < -0.39 is 43.7 Å². The molecule has 3 aromatic rings. The zero-order valence-corrected chi connectivity index (χ0v) is 30.4. The van der Waals surface area contributed by atoms with Crippen molar-refractivity contribution < 1.29 is 69.5 Å². The number of rotatable bonds is 15. The van der Waals surface area contributed by atoms with Crippen molar-refractivity contribution in [3.05, 3.63) is 83.0 Å². The highest BCUT2D eigenvalue weighted by Gasteiger charge is 2.58. The first-order valence-corrected chi connectivity index (χ1v) is 18.3. The number of ether oxygens (including phenoxy) is 4. The van der Waals surface area contributed by atoms with Crippen LogP contribution >= 0.6 is 0 Å². The predicted molar refractivity (Wildman–Crippen MR) is 189 cm³/mol. The van der Waals surface area contributed by atoms with Crippen LogP contribution in [-0.4, -0.2) is 95.6 Å². The summed E-state index contributed by atoms with van der Waals surface area (Å²) in [7, 11) is -6.00. The molecule has 7 rings (SSSR count). The summed E-state index contributed by atoms with van der Waals surface area (Å²) in [4.78, 5) is 82.7. The van der Waals surface area contributed by atoms with Gasteiger partial charge in [-0.05, 0) is 49.9 Å². The number of hydrogen-bond donors (Lipinski definition) is 1. The van der Waals surface area contributed by atoms with Gasteiger partial charge in [-0.25, -0.2) is 0 Å². The summed E-state index contributed by atoms with van der Waals surface area (Å²) < 4.78 is 64.2. The van der Waals surface area contributed by atoms with Crippen LogP contribution in [0.2, 0.25) is 0 Å². The summed E-state index contributed by atoms with van der Waals surface area (Å²) in [5.74, 6) is -1.95. The number of imide groups is 2. The molecular weight excluding hydrogens is 761 g/mol. The molecule has 57 heavy (non-hydrogen) atoms. The highest BCUT2D eigenvalue weighted by molar-refractivity contribution is 6.50. The van der Waals surface area contributed by atoms with Crippen LogP contribution in [-0.2, 0) is 23.8 Å². The monoisotopic (exact) mass is 799 g/mol. The summed E-state index contributed by atoms with van der Waals surface area (Å²) in [5.41, 5.74) is 7.44. The molecule has 0 unspecified atom stereocenters. The third-order valence-electron chi connectivity index (χ3n) is 9.61. The van der Waals surface area contributed by atoms with Crippen LogP contribution in [0.1, 0.15) is 99.0 Å². The number of hydrogen-bond acceptors (Lipinski definition) is 12. The lowest BCUT2D eigenvalue weighted by Crippen LogP contribution is -2.41. The van der Waals surface area contributed by atoms with Crippen molar-refractivity contribution in [2.75, 3.05) is 25.4 Å². The van der Waals surface area contributed by atoms with Crippen LogP contribution in [0, 0.1) is 0 Å². The molecule has 2 N–H and O–H groups in total. The fourth-order valence-corrected chi connectivity index (χ4v) is 6.94. The van der Waals surface area contributed by atoms with Crippen LogP contribution in [0.3, 0.4) is 0 Å². The lowest BCUT2D eigenvalue weighted by atomic mass is 10.1. The van der Waals surface area contributed by atoms with E-state index in [0.29, 0.717) is 60.8 Å². The molecule has 4 aliphatic rings. The molecule has 4 aliphatic heterocycles. The molecule has 1 fully saturated rings. The third-order valence-corrected chi connectivity index (χ3v) is 9.61. The van der Waals surface area contributed by atoms with E-state index in [1.54, 1.807) is 65.4 Å². The number of fused-ring (bicyclic) bond motifs is 5. The van der Waals surface area contributed by atoms with Crippen LogP contribution in [0.4, 0.5) is 23.1 Å². The van der Waals surface area contributed by atoms with Gasteiger partial charge in [-0.1, -0.05) is 37.1 Å². The third kappa shape index (κ3) is 9.56. The SMILES string of the molecule is F[B-](F)(F)F.Nc1cc[n+]2c(n1)O[C@@H]1[C@H](OC(=O)CCCCCN3C(=O)c4ccccc4C3=O)[C@@H](COC(=O)CCCCCN3C(=O)c4ccccc4C3=O)O[C@H]12. The van der Waals surface area contributed by atoms with E-state index in [0.717, 1.165) is 0 Å². The standard InChI is InChI=1S/C37H37N5O10.BF4/c38-27-17-20-42-36-31(52-37(42)39-27)30(51-29(44)16-4-2-10-19-41-34(47)24-13-7-8-14-25(24)35(41)48)26(50-36)21-49-28(43)15-3-1-9-18-40-32(45)22-11-5-6-12-23(22)33(40)46;2-1(3,4)5/h5-8,11-14,17,20,26,30-31,36,38H,1-4,9-10,15-16,18-19,21H2;/q;-1/p+1/t26-,30-,31-,36-;/m1./s1. The molecular formula is C37H38BF4N5O10. The van der Waals surface area contributed by atoms with E-state index >= 15 is 0 Å². The molecule has 0 radical (unpaired) electrons. The minimum atomic E-state index is -6.00. The fourth-order valence-electron chi connectivity index (χ4n) is 6.94. The first-order chi connectivity index (χ1) is 27.2. The number of carbonyl (C=O) groups excluding carboxylic acids is 6.